The highest BCUT2D eigenvalue weighted by molar-refractivity contribution is 6.79. The highest BCUT2D eigenvalue weighted by atomic mass is 28.3. The van der Waals surface area contributed by atoms with E-state index in [4.69, 9.17) is 4.74 Å². The molecule has 166 valence electrons. The van der Waals surface area contributed by atoms with E-state index in [0.29, 0.717) is 5.04 Å². The number of nitrogens with one attached hydrogen (secondary N) is 1. The molecule has 2 rings (SSSR count). The van der Waals surface area contributed by atoms with E-state index in [-0.39, 0.29) is 11.1 Å². The zero-order valence-corrected chi connectivity index (χ0v) is 21.8. The maximum Gasteiger partial charge on any atom is 0.133 e. The quantitative estimate of drug-likeness (QED) is 0.342. The van der Waals surface area contributed by atoms with E-state index < -0.39 is 8.24 Å². The van der Waals surface area contributed by atoms with E-state index in [9.17, 15) is 0 Å². The Morgan fingerprint density at radius 2 is 1.69 bits per heavy atom. The molecule has 1 N–H and O–H groups in total. The Labute approximate surface area is 182 Å². The van der Waals surface area contributed by atoms with Crippen molar-refractivity contribution < 1.29 is 4.74 Å². The Bertz CT molecular complexity index is 672. The fourth-order valence-electron chi connectivity index (χ4n) is 5.40. The molecule has 1 aliphatic carbocycles. The van der Waals surface area contributed by atoms with Crippen LogP contribution in [0.5, 0.6) is 0 Å². The fourth-order valence-corrected chi connectivity index (χ4v) is 10.6. The first-order chi connectivity index (χ1) is 13.3. The standard InChI is InChI=1S/C26H47NOSi/c1-21-15-14-16-22-17-18-26(8,23(21)22)29(9,27-24(2,3)4)20-13-11-10-12-19-28-25(5,6)7/h14-16,27H,10-13,17-20H2,1-9H3. The molecule has 0 amide bonds. The molecule has 0 heterocycles. The molecule has 0 aliphatic heterocycles. The van der Waals surface area contributed by atoms with Crippen molar-refractivity contribution in [2.45, 2.75) is 123 Å². The zero-order chi connectivity index (χ0) is 21.9. The average Bonchev–Trinajstić information content (AvgIpc) is 2.92. The van der Waals surface area contributed by atoms with Crippen LogP contribution in [0.2, 0.25) is 12.6 Å². The van der Waals surface area contributed by atoms with Gasteiger partial charge in [-0.05, 0) is 90.5 Å². The summed E-state index contributed by atoms with van der Waals surface area (Å²) in [6.45, 7) is 21.9. The van der Waals surface area contributed by atoms with Crippen LogP contribution in [0.4, 0.5) is 0 Å². The maximum absolute atomic E-state index is 5.89. The first-order valence-electron chi connectivity index (χ1n) is 11.8. The summed E-state index contributed by atoms with van der Waals surface area (Å²) in [5.41, 5.74) is 4.92. The van der Waals surface area contributed by atoms with Crippen LogP contribution in [-0.4, -0.2) is 26.0 Å². The van der Waals surface area contributed by atoms with Crippen LogP contribution >= 0.6 is 0 Å². The molecule has 1 aromatic rings. The third kappa shape index (κ3) is 6.42. The summed E-state index contributed by atoms with van der Waals surface area (Å²) in [5, 5.41) is 0.316. The zero-order valence-electron chi connectivity index (χ0n) is 20.8. The van der Waals surface area contributed by atoms with Crippen LogP contribution in [0.25, 0.3) is 0 Å². The number of benzene rings is 1. The molecule has 29 heavy (non-hydrogen) atoms. The number of hydrogen-bond acceptors (Lipinski definition) is 2. The second-order valence-electron chi connectivity index (χ2n) is 11.8. The van der Waals surface area contributed by atoms with E-state index in [0.717, 1.165) is 6.61 Å². The highest BCUT2D eigenvalue weighted by Crippen LogP contribution is 2.48. The van der Waals surface area contributed by atoms with Gasteiger partial charge in [0.2, 0.25) is 0 Å². The number of ether oxygens (including phenoxy) is 1. The van der Waals surface area contributed by atoms with Gasteiger partial charge in [0.05, 0.1) is 5.60 Å². The topological polar surface area (TPSA) is 21.3 Å². The number of aryl methyl sites for hydroxylation is 2. The second kappa shape index (κ2) is 9.24. The summed E-state index contributed by atoms with van der Waals surface area (Å²) in [7, 11) is -1.74. The van der Waals surface area contributed by atoms with Gasteiger partial charge in [-0.15, -0.1) is 0 Å². The molecule has 0 spiro atoms. The van der Waals surface area contributed by atoms with Gasteiger partial charge in [0, 0.05) is 17.2 Å². The van der Waals surface area contributed by atoms with Gasteiger partial charge in [0.1, 0.15) is 8.24 Å². The molecular weight excluding hydrogens is 370 g/mol. The molecule has 1 aliphatic rings. The van der Waals surface area contributed by atoms with Crippen LogP contribution in [-0.2, 0) is 16.2 Å². The molecule has 0 radical (unpaired) electrons. The number of fused-ring (bicyclic) bond motifs is 1. The molecule has 3 heteroatoms. The molecule has 0 saturated carbocycles. The Kier molecular flexibility index (Phi) is 7.84. The molecule has 2 nitrogen and oxygen atoms in total. The first kappa shape index (κ1) is 24.6. The minimum atomic E-state index is -1.74. The van der Waals surface area contributed by atoms with E-state index >= 15 is 0 Å². The van der Waals surface area contributed by atoms with Gasteiger partial charge in [0.15, 0.2) is 0 Å². The minimum Gasteiger partial charge on any atom is -0.376 e. The lowest BCUT2D eigenvalue weighted by Crippen LogP contribution is -2.66. The molecule has 0 fully saturated rings. The van der Waals surface area contributed by atoms with Crippen molar-refractivity contribution >= 4 is 8.24 Å². The van der Waals surface area contributed by atoms with Crippen molar-refractivity contribution in [1.29, 1.82) is 0 Å². The van der Waals surface area contributed by atoms with Crippen LogP contribution in [0, 0.1) is 6.92 Å². The highest BCUT2D eigenvalue weighted by Gasteiger charge is 2.52. The molecule has 0 saturated heterocycles. The van der Waals surface area contributed by atoms with Crippen LogP contribution in [0.1, 0.15) is 97.3 Å². The Morgan fingerprint density at radius 3 is 2.31 bits per heavy atom. The fraction of sp³-hybridized carbons (Fsp3) is 0.769. The summed E-state index contributed by atoms with van der Waals surface area (Å²) in [4.78, 5) is 4.22. The van der Waals surface area contributed by atoms with Crippen molar-refractivity contribution in [3.8, 4) is 0 Å². The summed E-state index contributed by atoms with van der Waals surface area (Å²) in [6, 6.07) is 8.29. The minimum absolute atomic E-state index is 0.00949. The van der Waals surface area contributed by atoms with Gasteiger partial charge < -0.3 is 9.72 Å². The summed E-state index contributed by atoms with van der Waals surface area (Å²) in [5.74, 6) is 0. The largest absolute Gasteiger partial charge is 0.376 e. The number of hydrogen-bond donors (Lipinski definition) is 1. The summed E-state index contributed by atoms with van der Waals surface area (Å²) >= 11 is 0. The average molecular weight is 418 g/mol. The summed E-state index contributed by atoms with van der Waals surface area (Å²) in [6.07, 6.45) is 7.66. The van der Waals surface area contributed by atoms with E-state index in [1.165, 1.54) is 50.1 Å². The van der Waals surface area contributed by atoms with Gasteiger partial charge in [-0.3, -0.25) is 0 Å². The van der Waals surface area contributed by atoms with Crippen molar-refractivity contribution in [2.24, 2.45) is 0 Å². The van der Waals surface area contributed by atoms with Gasteiger partial charge >= 0.3 is 0 Å². The lowest BCUT2D eigenvalue weighted by molar-refractivity contribution is -0.00471. The lowest BCUT2D eigenvalue weighted by atomic mass is 9.97. The number of unbranched alkanes of at least 4 members (excludes halogenated alkanes) is 3. The lowest BCUT2D eigenvalue weighted by Gasteiger charge is -2.48. The predicted molar refractivity (Wildman–Crippen MR) is 130 cm³/mol. The SMILES string of the molecule is Cc1cccc2c1C(C)([Si](C)(CCCCCCOC(C)(C)C)NC(C)(C)C)CC2. The van der Waals surface area contributed by atoms with E-state index in [1.54, 1.807) is 11.1 Å². The summed E-state index contributed by atoms with van der Waals surface area (Å²) < 4.78 is 5.89. The molecule has 2 unspecified atom stereocenters. The molecule has 0 aromatic heterocycles. The van der Waals surface area contributed by atoms with Gasteiger partial charge in [-0.1, -0.05) is 50.9 Å². The Balaban J connectivity index is 2.07. The maximum atomic E-state index is 5.89. The van der Waals surface area contributed by atoms with Crippen LogP contribution in [0.3, 0.4) is 0 Å². The first-order valence-corrected chi connectivity index (χ1v) is 14.5. The van der Waals surface area contributed by atoms with Gasteiger partial charge in [-0.25, -0.2) is 0 Å². The van der Waals surface area contributed by atoms with Gasteiger partial charge in [-0.2, -0.15) is 0 Å². The molecular formula is C26H47NOSi. The monoisotopic (exact) mass is 417 g/mol. The van der Waals surface area contributed by atoms with E-state index in [1.807, 2.05) is 0 Å². The van der Waals surface area contributed by atoms with Crippen molar-refractivity contribution in [3.05, 3.63) is 34.9 Å². The molecule has 2 atom stereocenters. The van der Waals surface area contributed by atoms with Crippen molar-refractivity contribution in [2.75, 3.05) is 6.61 Å². The van der Waals surface area contributed by atoms with Crippen LogP contribution in [0.15, 0.2) is 18.2 Å². The second-order valence-corrected chi connectivity index (χ2v) is 16.3. The van der Waals surface area contributed by atoms with Gasteiger partial charge in [0.25, 0.3) is 0 Å². The third-order valence-electron chi connectivity index (χ3n) is 6.78. The Morgan fingerprint density at radius 1 is 1.03 bits per heavy atom. The smallest absolute Gasteiger partial charge is 0.133 e. The van der Waals surface area contributed by atoms with Crippen molar-refractivity contribution in [3.63, 3.8) is 0 Å². The molecule has 0 bridgehead atoms. The normalized spacial score (nSPS) is 21.8. The predicted octanol–water partition coefficient (Wildman–Crippen LogP) is 7.08. The van der Waals surface area contributed by atoms with Crippen LogP contribution < -0.4 is 4.98 Å². The van der Waals surface area contributed by atoms with E-state index in [2.05, 4.69) is 85.1 Å². The molecule has 1 aromatic carbocycles. The number of rotatable bonds is 9. The van der Waals surface area contributed by atoms with Crippen molar-refractivity contribution in [1.82, 2.24) is 4.98 Å². The Hall–Kier alpha value is -0.643. The third-order valence-corrected chi connectivity index (χ3v) is 12.4.